The topological polar surface area (TPSA) is 115 Å². The van der Waals surface area contributed by atoms with Crippen molar-refractivity contribution in [1.29, 1.82) is 0 Å². The van der Waals surface area contributed by atoms with Crippen LogP contribution in [0.25, 0.3) is 11.7 Å². The van der Waals surface area contributed by atoms with Crippen molar-refractivity contribution in [2.75, 3.05) is 5.73 Å². The number of oxazole rings is 1. The minimum Gasteiger partial charge on any atom is -0.477 e. The van der Waals surface area contributed by atoms with Crippen LogP contribution in [0.1, 0.15) is 10.4 Å². The van der Waals surface area contributed by atoms with Gasteiger partial charge in [0.1, 0.15) is 17.6 Å². The Bertz CT molecular complexity index is 495. The highest BCUT2D eigenvalue weighted by Gasteiger charge is 2.13. The van der Waals surface area contributed by atoms with Gasteiger partial charge in [-0.05, 0) is 0 Å². The molecule has 0 unspecified atom stereocenters. The van der Waals surface area contributed by atoms with Crippen molar-refractivity contribution >= 4 is 11.8 Å². The molecule has 2 aromatic rings. The normalized spacial score (nSPS) is 10.1. The molecular weight excluding hydrogens is 200 g/mol. The van der Waals surface area contributed by atoms with Crippen LogP contribution in [-0.2, 0) is 0 Å². The summed E-state index contributed by atoms with van der Waals surface area (Å²) in [6.07, 6.45) is 3.91. The molecule has 0 aliphatic heterocycles. The van der Waals surface area contributed by atoms with E-state index in [2.05, 4.69) is 15.0 Å². The van der Waals surface area contributed by atoms with Crippen molar-refractivity contribution in [2.45, 2.75) is 0 Å². The molecule has 76 valence electrons. The fraction of sp³-hybridized carbons (Fsp3) is 0. The van der Waals surface area contributed by atoms with Crippen molar-refractivity contribution in [2.24, 2.45) is 0 Å². The van der Waals surface area contributed by atoms with Crippen LogP contribution in [0.5, 0.6) is 0 Å². The van der Waals surface area contributed by atoms with Gasteiger partial charge in [0.15, 0.2) is 0 Å². The molecule has 2 heterocycles. The van der Waals surface area contributed by atoms with Crippen LogP contribution in [0.15, 0.2) is 23.1 Å². The Labute approximate surface area is 83.6 Å². The Morgan fingerprint density at radius 3 is 2.80 bits per heavy atom. The lowest BCUT2D eigenvalue weighted by molar-refractivity contribution is 0.0697. The number of carbonyl (C=O) groups is 1. The fourth-order valence-electron chi connectivity index (χ4n) is 0.997. The molecule has 0 fully saturated rings. The van der Waals surface area contributed by atoms with Gasteiger partial charge in [0, 0.05) is 6.20 Å². The van der Waals surface area contributed by atoms with Gasteiger partial charge < -0.3 is 15.3 Å². The number of aromatic carboxylic acids is 1. The van der Waals surface area contributed by atoms with E-state index in [4.69, 9.17) is 15.3 Å². The first-order valence-corrected chi connectivity index (χ1v) is 3.94. The summed E-state index contributed by atoms with van der Waals surface area (Å²) in [7, 11) is 0. The smallest absolute Gasteiger partial charge is 0.341 e. The summed E-state index contributed by atoms with van der Waals surface area (Å²) in [5, 5.41) is 8.69. The summed E-state index contributed by atoms with van der Waals surface area (Å²) in [6.45, 7) is 0. The molecule has 3 N–H and O–H groups in total. The van der Waals surface area contributed by atoms with Gasteiger partial charge >= 0.3 is 5.97 Å². The van der Waals surface area contributed by atoms with Crippen molar-refractivity contribution in [3.05, 3.63) is 24.2 Å². The molecule has 15 heavy (non-hydrogen) atoms. The summed E-state index contributed by atoms with van der Waals surface area (Å²) < 4.78 is 4.94. The molecule has 2 aromatic heterocycles. The standard InChI is InChI=1S/C8H6N4O3/c9-5-4(8(13)14)3-11-6(12-5)7-10-1-2-15-7/h1-3H,(H,13,14)(H2,9,11,12). The van der Waals surface area contributed by atoms with Crippen molar-refractivity contribution in [3.63, 3.8) is 0 Å². The van der Waals surface area contributed by atoms with E-state index in [-0.39, 0.29) is 23.1 Å². The molecule has 0 aliphatic carbocycles. The predicted molar refractivity (Wildman–Crippen MR) is 48.9 cm³/mol. The summed E-state index contributed by atoms with van der Waals surface area (Å²) in [5.41, 5.74) is 5.28. The highest BCUT2D eigenvalue weighted by Crippen LogP contribution is 2.15. The van der Waals surface area contributed by atoms with Crippen LogP contribution < -0.4 is 5.73 Å². The first-order chi connectivity index (χ1) is 7.18. The van der Waals surface area contributed by atoms with Crippen LogP contribution >= 0.6 is 0 Å². The average Bonchev–Trinajstić information content (AvgIpc) is 2.69. The molecule has 0 aliphatic rings. The molecular formula is C8H6N4O3. The number of aromatic nitrogens is 3. The number of nitrogens with two attached hydrogens (primary N) is 1. The van der Waals surface area contributed by atoms with Gasteiger partial charge in [0.25, 0.3) is 5.89 Å². The van der Waals surface area contributed by atoms with E-state index in [9.17, 15) is 4.79 Å². The molecule has 0 amide bonds. The average molecular weight is 206 g/mol. The summed E-state index contributed by atoms with van der Waals surface area (Å²) in [4.78, 5) is 22.0. The third-order valence-electron chi connectivity index (χ3n) is 1.67. The molecule has 0 saturated carbocycles. The molecule has 0 aromatic carbocycles. The predicted octanol–water partition coefficient (Wildman–Crippen LogP) is 0.412. The molecule has 0 atom stereocenters. The van der Waals surface area contributed by atoms with Crippen molar-refractivity contribution in [1.82, 2.24) is 15.0 Å². The number of hydrogen-bond acceptors (Lipinski definition) is 6. The van der Waals surface area contributed by atoms with E-state index in [0.29, 0.717) is 0 Å². The zero-order valence-electron chi connectivity index (χ0n) is 7.41. The highest BCUT2D eigenvalue weighted by molar-refractivity contribution is 5.92. The minimum atomic E-state index is -1.17. The number of carboxylic acid groups (broad SMARTS) is 1. The number of hydrogen-bond donors (Lipinski definition) is 2. The maximum atomic E-state index is 10.6. The second-order valence-corrected chi connectivity index (χ2v) is 2.63. The van der Waals surface area contributed by atoms with Gasteiger partial charge in [-0.25, -0.2) is 19.7 Å². The Morgan fingerprint density at radius 2 is 2.27 bits per heavy atom. The lowest BCUT2D eigenvalue weighted by Gasteiger charge is -1.99. The third kappa shape index (κ3) is 1.62. The van der Waals surface area contributed by atoms with E-state index in [1.807, 2.05) is 0 Å². The maximum absolute atomic E-state index is 10.6. The van der Waals surface area contributed by atoms with Crippen molar-refractivity contribution < 1.29 is 14.3 Å². The van der Waals surface area contributed by atoms with Gasteiger partial charge in [-0.2, -0.15) is 0 Å². The molecule has 2 rings (SSSR count). The number of nitrogen functional groups attached to an aromatic ring is 1. The molecule has 0 bridgehead atoms. The van der Waals surface area contributed by atoms with Crippen LogP contribution in [0.4, 0.5) is 5.82 Å². The Kier molecular flexibility index (Phi) is 2.05. The SMILES string of the molecule is Nc1nc(-c2ncco2)ncc1C(=O)O. The number of anilines is 1. The summed E-state index contributed by atoms with van der Waals surface area (Å²) in [5.74, 6) is -0.946. The first kappa shape index (κ1) is 9.13. The van der Waals surface area contributed by atoms with Crippen LogP contribution in [0.3, 0.4) is 0 Å². The zero-order chi connectivity index (χ0) is 10.8. The molecule has 7 heteroatoms. The second kappa shape index (κ2) is 3.37. The van der Waals surface area contributed by atoms with Crippen LogP contribution in [-0.4, -0.2) is 26.0 Å². The largest absolute Gasteiger partial charge is 0.477 e. The Balaban J connectivity index is 2.47. The van der Waals surface area contributed by atoms with E-state index in [1.165, 1.54) is 12.5 Å². The summed E-state index contributed by atoms with van der Waals surface area (Å²) >= 11 is 0. The first-order valence-electron chi connectivity index (χ1n) is 3.94. The minimum absolute atomic E-state index is 0.120. The van der Waals surface area contributed by atoms with Gasteiger partial charge in [0.2, 0.25) is 5.82 Å². The van der Waals surface area contributed by atoms with Gasteiger partial charge in [0.05, 0.1) is 6.20 Å². The van der Waals surface area contributed by atoms with Crippen molar-refractivity contribution in [3.8, 4) is 11.7 Å². The lowest BCUT2D eigenvalue weighted by Crippen LogP contribution is -2.06. The van der Waals surface area contributed by atoms with Crippen LogP contribution in [0, 0.1) is 0 Å². The van der Waals surface area contributed by atoms with Crippen LogP contribution in [0.2, 0.25) is 0 Å². The van der Waals surface area contributed by atoms with E-state index in [1.54, 1.807) is 0 Å². The number of nitrogens with zero attached hydrogens (tertiary/aromatic N) is 3. The highest BCUT2D eigenvalue weighted by atomic mass is 16.4. The second-order valence-electron chi connectivity index (χ2n) is 2.63. The van der Waals surface area contributed by atoms with E-state index in [0.717, 1.165) is 6.20 Å². The molecule has 7 nitrogen and oxygen atoms in total. The number of carboxylic acids is 1. The number of rotatable bonds is 2. The third-order valence-corrected chi connectivity index (χ3v) is 1.67. The monoisotopic (exact) mass is 206 g/mol. The molecule has 0 radical (unpaired) electrons. The maximum Gasteiger partial charge on any atom is 0.341 e. The van der Waals surface area contributed by atoms with Gasteiger partial charge in [-0.1, -0.05) is 0 Å². The van der Waals surface area contributed by atoms with Gasteiger partial charge in [-0.3, -0.25) is 0 Å². The molecule has 0 spiro atoms. The van der Waals surface area contributed by atoms with E-state index >= 15 is 0 Å². The summed E-state index contributed by atoms with van der Waals surface area (Å²) in [6, 6.07) is 0. The van der Waals surface area contributed by atoms with E-state index < -0.39 is 5.97 Å². The fourth-order valence-corrected chi connectivity index (χ4v) is 0.997. The zero-order valence-corrected chi connectivity index (χ0v) is 7.41. The lowest BCUT2D eigenvalue weighted by atomic mass is 10.3. The van der Waals surface area contributed by atoms with Gasteiger partial charge in [-0.15, -0.1) is 0 Å². The molecule has 0 saturated heterocycles. The quantitative estimate of drug-likeness (QED) is 0.730. The Hall–Kier alpha value is -2.44. The Morgan fingerprint density at radius 1 is 1.47 bits per heavy atom.